The number of rotatable bonds is 6. The molecule has 0 aliphatic heterocycles. The molecule has 0 saturated carbocycles. The predicted octanol–water partition coefficient (Wildman–Crippen LogP) is 0.335. The Kier molecular flexibility index (Phi) is 4.66. The van der Waals surface area contributed by atoms with E-state index in [4.69, 9.17) is 11.5 Å². The highest BCUT2D eigenvalue weighted by atomic mass is 15.1. The molecule has 0 saturated heterocycles. The van der Waals surface area contributed by atoms with Gasteiger partial charge in [-0.3, -0.25) is 5.32 Å². The first-order valence-electron chi connectivity index (χ1n) is 4.93. The van der Waals surface area contributed by atoms with Crippen LogP contribution in [0.1, 0.15) is 5.56 Å². The predicted molar refractivity (Wildman–Crippen MR) is 64.9 cm³/mol. The van der Waals surface area contributed by atoms with E-state index in [1.807, 2.05) is 24.3 Å². The van der Waals surface area contributed by atoms with Crippen molar-refractivity contribution in [3.05, 3.63) is 36.4 Å². The standard InChI is InChI=1S/C11H18N4/c1-9(15-8-14-7-6-12)10-2-4-11(13)5-3-10/h2-5,14-15H,1,6-8,12-13H2. The lowest BCUT2D eigenvalue weighted by Crippen LogP contribution is -2.31. The number of benzene rings is 1. The molecule has 0 aliphatic rings. The summed E-state index contributed by atoms with van der Waals surface area (Å²) in [6, 6.07) is 7.59. The van der Waals surface area contributed by atoms with Crippen molar-refractivity contribution in [2.75, 3.05) is 25.5 Å². The Balaban J connectivity index is 2.37. The number of nitrogens with two attached hydrogens (primary N) is 2. The molecule has 0 heterocycles. The highest BCUT2D eigenvalue weighted by Crippen LogP contribution is 2.11. The number of nitrogens with one attached hydrogen (secondary N) is 2. The molecule has 1 aromatic carbocycles. The van der Waals surface area contributed by atoms with E-state index >= 15 is 0 Å². The number of nitrogen functional groups attached to an aromatic ring is 1. The third kappa shape index (κ3) is 4.01. The first-order valence-corrected chi connectivity index (χ1v) is 4.93. The molecule has 0 unspecified atom stereocenters. The van der Waals surface area contributed by atoms with Crippen molar-refractivity contribution in [1.82, 2.24) is 10.6 Å². The van der Waals surface area contributed by atoms with Gasteiger partial charge in [-0.05, 0) is 17.7 Å². The third-order valence-electron chi connectivity index (χ3n) is 2.01. The number of anilines is 1. The van der Waals surface area contributed by atoms with Crippen LogP contribution in [0, 0.1) is 0 Å². The van der Waals surface area contributed by atoms with E-state index in [0.717, 1.165) is 23.5 Å². The summed E-state index contributed by atoms with van der Waals surface area (Å²) >= 11 is 0. The number of hydrogen-bond donors (Lipinski definition) is 4. The fourth-order valence-corrected chi connectivity index (χ4v) is 1.15. The van der Waals surface area contributed by atoms with Gasteiger partial charge in [0.25, 0.3) is 0 Å². The molecule has 0 spiro atoms. The zero-order valence-corrected chi connectivity index (χ0v) is 8.79. The van der Waals surface area contributed by atoms with Gasteiger partial charge < -0.3 is 16.8 Å². The summed E-state index contributed by atoms with van der Waals surface area (Å²) in [7, 11) is 0. The van der Waals surface area contributed by atoms with Gasteiger partial charge in [-0.2, -0.15) is 0 Å². The van der Waals surface area contributed by atoms with Gasteiger partial charge in [0.1, 0.15) is 0 Å². The zero-order valence-electron chi connectivity index (χ0n) is 8.79. The minimum absolute atomic E-state index is 0.635. The second kappa shape index (κ2) is 6.06. The second-order valence-corrected chi connectivity index (χ2v) is 3.24. The van der Waals surface area contributed by atoms with E-state index in [0.29, 0.717) is 13.2 Å². The van der Waals surface area contributed by atoms with Crippen LogP contribution < -0.4 is 22.1 Å². The smallest absolute Gasteiger partial charge is 0.0653 e. The summed E-state index contributed by atoms with van der Waals surface area (Å²) in [4.78, 5) is 0. The Bertz CT molecular complexity index is 305. The molecule has 0 aromatic heterocycles. The molecule has 4 heteroatoms. The Hall–Kier alpha value is -1.52. The van der Waals surface area contributed by atoms with Crippen LogP contribution in [0.4, 0.5) is 5.69 Å². The molecule has 1 aromatic rings. The molecule has 0 aliphatic carbocycles. The van der Waals surface area contributed by atoms with Gasteiger partial charge in [0, 0.05) is 24.5 Å². The maximum absolute atomic E-state index is 5.59. The van der Waals surface area contributed by atoms with Gasteiger partial charge in [0.2, 0.25) is 0 Å². The van der Waals surface area contributed by atoms with Crippen LogP contribution in [0.25, 0.3) is 5.70 Å². The summed E-state index contributed by atoms with van der Waals surface area (Å²) in [5.41, 5.74) is 13.6. The maximum Gasteiger partial charge on any atom is 0.0653 e. The highest BCUT2D eigenvalue weighted by Gasteiger charge is 1.96. The van der Waals surface area contributed by atoms with Crippen molar-refractivity contribution in [3.63, 3.8) is 0 Å². The Morgan fingerprint density at radius 3 is 2.53 bits per heavy atom. The van der Waals surface area contributed by atoms with Crippen LogP contribution in [-0.2, 0) is 0 Å². The van der Waals surface area contributed by atoms with Crippen LogP contribution >= 0.6 is 0 Å². The average molecular weight is 206 g/mol. The quantitative estimate of drug-likeness (QED) is 0.307. The lowest BCUT2D eigenvalue weighted by molar-refractivity contribution is 0.662. The molecular formula is C11H18N4. The summed E-state index contributed by atoms with van der Waals surface area (Å²) in [5.74, 6) is 0. The molecule has 6 N–H and O–H groups in total. The van der Waals surface area contributed by atoms with Crippen LogP contribution in [0.5, 0.6) is 0 Å². The van der Waals surface area contributed by atoms with Crippen molar-refractivity contribution < 1.29 is 0 Å². The lowest BCUT2D eigenvalue weighted by atomic mass is 10.1. The zero-order chi connectivity index (χ0) is 11.1. The molecule has 0 amide bonds. The molecule has 4 nitrogen and oxygen atoms in total. The third-order valence-corrected chi connectivity index (χ3v) is 2.01. The number of hydrogen-bond acceptors (Lipinski definition) is 4. The van der Waals surface area contributed by atoms with Gasteiger partial charge in [-0.1, -0.05) is 18.7 Å². The molecule has 0 atom stereocenters. The summed E-state index contributed by atoms with van der Waals surface area (Å²) < 4.78 is 0. The van der Waals surface area contributed by atoms with Crippen LogP contribution in [0.2, 0.25) is 0 Å². The summed E-state index contributed by atoms with van der Waals surface area (Å²) in [6.45, 7) is 6.02. The van der Waals surface area contributed by atoms with Crippen LogP contribution in [-0.4, -0.2) is 19.8 Å². The average Bonchev–Trinajstić information content (AvgIpc) is 2.25. The van der Waals surface area contributed by atoms with Gasteiger partial charge in [0.15, 0.2) is 0 Å². The second-order valence-electron chi connectivity index (χ2n) is 3.24. The largest absolute Gasteiger partial charge is 0.399 e. The molecule has 0 fully saturated rings. The van der Waals surface area contributed by atoms with Crippen LogP contribution in [0.3, 0.4) is 0 Å². The van der Waals surface area contributed by atoms with Crippen molar-refractivity contribution >= 4 is 11.4 Å². The molecule has 0 radical (unpaired) electrons. The van der Waals surface area contributed by atoms with Crippen molar-refractivity contribution in [3.8, 4) is 0 Å². The van der Waals surface area contributed by atoms with Gasteiger partial charge >= 0.3 is 0 Å². The van der Waals surface area contributed by atoms with Crippen molar-refractivity contribution in [2.45, 2.75) is 0 Å². The first kappa shape index (κ1) is 11.6. The molecular weight excluding hydrogens is 188 g/mol. The maximum atomic E-state index is 5.59. The lowest BCUT2D eigenvalue weighted by Gasteiger charge is -2.10. The van der Waals surface area contributed by atoms with E-state index < -0.39 is 0 Å². The summed E-state index contributed by atoms with van der Waals surface area (Å²) in [6.07, 6.45) is 0. The van der Waals surface area contributed by atoms with Gasteiger partial charge in [-0.25, -0.2) is 0 Å². The van der Waals surface area contributed by atoms with E-state index in [-0.39, 0.29) is 0 Å². The van der Waals surface area contributed by atoms with Crippen LogP contribution in [0.15, 0.2) is 30.8 Å². The fraction of sp³-hybridized carbons (Fsp3) is 0.273. The minimum atomic E-state index is 0.635. The molecule has 1 rings (SSSR count). The van der Waals surface area contributed by atoms with Crippen molar-refractivity contribution in [2.24, 2.45) is 5.73 Å². The van der Waals surface area contributed by atoms with E-state index in [1.165, 1.54) is 0 Å². The molecule has 15 heavy (non-hydrogen) atoms. The molecule has 82 valence electrons. The van der Waals surface area contributed by atoms with Crippen molar-refractivity contribution in [1.29, 1.82) is 0 Å². The topological polar surface area (TPSA) is 76.1 Å². The monoisotopic (exact) mass is 206 g/mol. The SMILES string of the molecule is C=C(NCNCCN)c1ccc(N)cc1. The Labute approximate surface area is 90.3 Å². The Morgan fingerprint density at radius 2 is 1.93 bits per heavy atom. The van der Waals surface area contributed by atoms with Gasteiger partial charge in [-0.15, -0.1) is 0 Å². The van der Waals surface area contributed by atoms with Gasteiger partial charge in [0.05, 0.1) is 6.67 Å². The molecule has 0 bridgehead atoms. The first-order chi connectivity index (χ1) is 7.24. The highest BCUT2D eigenvalue weighted by molar-refractivity contribution is 5.63. The van der Waals surface area contributed by atoms with E-state index in [2.05, 4.69) is 17.2 Å². The minimum Gasteiger partial charge on any atom is -0.399 e. The fourth-order valence-electron chi connectivity index (χ4n) is 1.15. The van der Waals surface area contributed by atoms with E-state index in [1.54, 1.807) is 0 Å². The normalized spacial score (nSPS) is 9.93. The van der Waals surface area contributed by atoms with E-state index in [9.17, 15) is 0 Å². The Morgan fingerprint density at radius 1 is 1.27 bits per heavy atom. The summed E-state index contributed by atoms with van der Waals surface area (Å²) in [5, 5.41) is 6.28.